The predicted molar refractivity (Wildman–Crippen MR) is 45.1 cm³/mol. The maximum atomic E-state index is 10.6. The molecule has 0 aliphatic rings. The Bertz CT molecular complexity index is 373. The number of carboxylic acid groups (broad SMARTS) is 2. The molecule has 0 aliphatic heterocycles. The molecule has 1 aromatic rings. The fourth-order valence-electron chi connectivity index (χ4n) is 1.04. The first-order valence-corrected chi connectivity index (χ1v) is 3.59. The monoisotopic (exact) mass is 244 g/mol. The average molecular weight is 246 g/mol. The molecule has 2 N–H and O–H groups in total. The molecule has 70 valence electrons. The Labute approximate surface area is 93.3 Å². The summed E-state index contributed by atoms with van der Waals surface area (Å²) in [5, 5.41) is 17.2. The van der Waals surface area contributed by atoms with Crippen LogP contribution in [0.3, 0.4) is 0 Å². The Balaban J connectivity index is 0.00000169. The van der Waals surface area contributed by atoms with E-state index in [9.17, 15) is 9.59 Å². The van der Waals surface area contributed by atoms with Crippen molar-refractivity contribution in [2.75, 3.05) is 0 Å². The van der Waals surface area contributed by atoms with Crippen molar-refractivity contribution in [1.82, 2.24) is 0 Å². The fraction of sp³-hybridized carbons (Fsp3) is 0.111. The maximum absolute atomic E-state index is 10.6. The third kappa shape index (κ3) is 2.64. The van der Waals surface area contributed by atoms with E-state index in [1.54, 1.807) is 6.92 Å². The summed E-state index contributed by atoms with van der Waals surface area (Å²) >= 11 is 0. The molecule has 5 heteroatoms. The van der Waals surface area contributed by atoms with Gasteiger partial charge in [-0.1, -0.05) is 0 Å². The van der Waals surface area contributed by atoms with Crippen LogP contribution in [0.25, 0.3) is 0 Å². The molecule has 14 heavy (non-hydrogen) atoms. The number of hydrogen-bond donors (Lipinski definition) is 2. The van der Waals surface area contributed by atoms with E-state index in [0.29, 0.717) is 5.56 Å². The summed E-state index contributed by atoms with van der Waals surface area (Å²) < 4.78 is 0. The van der Waals surface area contributed by atoms with Gasteiger partial charge in [0.25, 0.3) is 0 Å². The first-order chi connectivity index (χ1) is 6.02. The van der Waals surface area contributed by atoms with Crippen LogP contribution in [-0.4, -0.2) is 22.2 Å². The van der Waals surface area contributed by atoms with E-state index in [1.807, 2.05) is 0 Å². The normalized spacial score (nSPS) is 8.93. The Hall–Kier alpha value is -1.22. The topological polar surface area (TPSA) is 74.6 Å². The SMILES string of the molecule is Cc1cc(C(=O)O)ccc1C(=O)O.[Zn]. The summed E-state index contributed by atoms with van der Waals surface area (Å²) in [5.41, 5.74) is 0.680. The van der Waals surface area contributed by atoms with Gasteiger partial charge in [-0.2, -0.15) is 0 Å². The van der Waals surface area contributed by atoms with Crippen molar-refractivity contribution in [3.8, 4) is 0 Å². The molecule has 4 nitrogen and oxygen atoms in total. The zero-order valence-electron chi connectivity index (χ0n) is 7.65. The van der Waals surface area contributed by atoms with Crippen molar-refractivity contribution in [3.05, 3.63) is 34.9 Å². The van der Waals surface area contributed by atoms with Crippen LogP contribution in [0.1, 0.15) is 26.3 Å². The van der Waals surface area contributed by atoms with Crippen molar-refractivity contribution in [1.29, 1.82) is 0 Å². The molecule has 0 bridgehead atoms. The van der Waals surface area contributed by atoms with Gasteiger partial charge in [-0.05, 0) is 30.7 Å². The number of carboxylic acids is 2. The van der Waals surface area contributed by atoms with Gasteiger partial charge in [0.05, 0.1) is 11.1 Å². The zero-order chi connectivity index (χ0) is 10.0. The summed E-state index contributed by atoms with van der Waals surface area (Å²) in [6.45, 7) is 1.57. The Morgan fingerprint density at radius 3 is 2.07 bits per heavy atom. The van der Waals surface area contributed by atoms with E-state index >= 15 is 0 Å². The minimum atomic E-state index is -1.06. The second-order valence-corrected chi connectivity index (χ2v) is 2.64. The largest absolute Gasteiger partial charge is 0.478 e. The summed E-state index contributed by atoms with van der Waals surface area (Å²) in [7, 11) is 0. The van der Waals surface area contributed by atoms with Crippen molar-refractivity contribution in [2.24, 2.45) is 0 Å². The average Bonchev–Trinajstić information content (AvgIpc) is 2.03. The number of carbonyl (C=O) groups is 2. The van der Waals surface area contributed by atoms with E-state index in [2.05, 4.69) is 0 Å². The molecule has 0 aromatic heterocycles. The predicted octanol–water partition coefficient (Wildman–Crippen LogP) is 1.39. The fourth-order valence-corrected chi connectivity index (χ4v) is 1.04. The van der Waals surface area contributed by atoms with E-state index in [4.69, 9.17) is 10.2 Å². The van der Waals surface area contributed by atoms with Crippen LogP contribution < -0.4 is 0 Å². The summed E-state index contributed by atoms with van der Waals surface area (Å²) in [6, 6.07) is 3.91. The van der Waals surface area contributed by atoms with Gasteiger partial charge in [0.2, 0.25) is 0 Å². The zero-order valence-corrected chi connectivity index (χ0v) is 10.6. The first kappa shape index (κ1) is 12.8. The van der Waals surface area contributed by atoms with E-state index in [1.165, 1.54) is 18.2 Å². The van der Waals surface area contributed by atoms with Crippen LogP contribution >= 0.6 is 0 Å². The van der Waals surface area contributed by atoms with E-state index in [-0.39, 0.29) is 30.6 Å². The van der Waals surface area contributed by atoms with Gasteiger partial charge >= 0.3 is 11.9 Å². The van der Waals surface area contributed by atoms with Gasteiger partial charge in [-0.15, -0.1) is 0 Å². The molecule has 1 rings (SSSR count). The Morgan fingerprint density at radius 1 is 1.14 bits per heavy atom. The number of aryl methyl sites for hydroxylation is 1. The Morgan fingerprint density at radius 2 is 1.71 bits per heavy atom. The van der Waals surface area contributed by atoms with Crippen LogP contribution in [0.2, 0.25) is 0 Å². The van der Waals surface area contributed by atoms with E-state index in [0.717, 1.165) is 0 Å². The number of rotatable bonds is 2. The summed E-state index contributed by atoms with van der Waals surface area (Å²) in [5.74, 6) is -2.10. The van der Waals surface area contributed by atoms with Crippen LogP contribution in [0, 0.1) is 6.92 Å². The molecular formula is C9H8O4Zn. The molecular weight excluding hydrogens is 237 g/mol. The third-order valence-electron chi connectivity index (χ3n) is 1.70. The van der Waals surface area contributed by atoms with Crippen LogP contribution in [0.15, 0.2) is 18.2 Å². The van der Waals surface area contributed by atoms with Gasteiger partial charge in [0.1, 0.15) is 0 Å². The van der Waals surface area contributed by atoms with Gasteiger partial charge in [0.15, 0.2) is 0 Å². The molecule has 0 saturated carbocycles. The van der Waals surface area contributed by atoms with Gasteiger partial charge in [-0.25, -0.2) is 9.59 Å². The molecule has 0 atom stereocenters. The number of aromatic carboxylic acids is 2. The molecule has 0 aliphatic carbocycles. The molecule has 0 radical (unpaired) electrons. The Kier molecular flexibility index (Phi) is 4.44. The second kappa shape index (κ2) is 4.86. The van der Waals surface area contributed by atoms with Gasteiger partial charge < -0.3 is 10.2 Å². The standard InChI is InChI=1S/C9H8O4.Zn/c1-5-4-6(8(10)11)2-3-7(5)9(12)13;/h2-4H,1H3,(H,10,11)(H,12,13);. The van der Waals surface area contributed by atoms with Crippen LogP contribution in [-0.2, 0) is 19.5 Å². The minimum absolute atomic E-state index is 0. The molecule has 0 fully saturated rings. The summed E-state index contributed by atoms with van der Waals surface area (Å²) in [6.07, 6.45) is 0. The molecule has 0 amide bonds. The number of hydrogen-bond acceptors (Lipinski definition) is 2. The van der Waals surface area contributed by atoms with Crippen molar-refractivity contribution in [3.63, 3.8) is 0 Å². The van der Waals surface area contributed by atoms with E-state index < -0.39 is 11.9 Å². The molecule has 0 spiro atoms. The summed E-state index contributed by atoms with van der Waals surface area (Å²) in [4.78, 5) is 21.0. The smallest absolute Gasteiger partial charge is 0.335 e. The van der Waals surface area contributed by atoms with Gasteiger partial charge in [0, 0.05) is 19.5 Å². The molecule has 0 heterocycles. The van der Waals surface area contributed by atoms with Crippen molar-refractivity contribution < 1.29 is 39.3 Å². The van der Waals surface area contributed by atoms with Crippen LogP contribution in [0.5, 0.6) is 0 Å². The van der Waals surface area contributed by atoms with Crippen LogP contribution in [0.4, 0.5) is 0 Å². The minimum Gasteiger partial charge on any atom is -0.478 e. The molecule has 0 saturated heterocycles. The third-order valence-corrected chi connectivity index (χ3v) is 1.70. The maximum Gasteiger partial charge on any atom is 0.335 e. The quantitative estimate of drug-likeness (QED) is 0.772. The van der Waals surface area contributed by atoms with Crippen molar-refractivity contribution in [2.45, 2.75) is 6.92 Å². The first-order valence-electron chi connectivity index (χ1n) is 3.59. The van der Waals surface area contributed by atoms with Crippen molar-refractivity contribution >= 4 is 11.9 Å². The van der Waals surface area contributed by atoms with Gasteiger partial charge in [-0.3, -0.25) is 0 Å². The molecule has 0 unspecified atom stereocenters. The molecule has 1 aromatic carbocycles. The second-order valence-electron chi connectivity index (χ2n) is 2.64. The number of benzene rings is 1.